The van der Waals surface area contributed by atoms with Crippen molar-refractivity contribution < 1.29 is 12.4 Å². The number of halogens is 1. The molecule has 0 aliphatic carbocycles. The minimum absolute atomic E-state index is 0. The second kappa shape index (κ2) is 24.1. The van der Waals surface area contributed by atoms with E-state index in [4.69, 9.17) is 4.98 Å². The molecule has 0 amide bonds. The molecule has 0 saturated carbocycles. The number of rotatable bonds is 19. The van der Waals surface area contributed by atoms with Gasteiger partial charge in [0.25, 0.3) is 0 Å². The van der Waals surface area contributed by atoms with Crippen LogP contribution in [0.25, 0.3) is 0 Å². The van der Waals surface area contributed by atoms with Gasteiger partial charge < -0.3 is 12.4 Å². The van der Waals surface area contributed by atoms with E-state index in [0.29, 0.717) is 7.92 Å². The van der Waals surface area contributed by atoms with Crippen molar-refractivity contribution >= 4 is 26.5 Å². The summed E-state index contributed by atoms with van der Waals surface area (Å²) in [5.41, 5.74) is 2.17. The van der Waals surface area contributed by atoms with E-state index in [2.05, 4.69) is 60.5 Å². The number of hydrogen-bond donors (Lipinski definition) is 0. The van der Waals surface area contributed by atoms with E-state index < -0.39 is 7.26 Å². The molecule has 0 aliphatic heterocycles. The Kier molecular flexibility index (Phi) is 26.2. The molecule has 0 bridgehead atoms. The van der Waals surface area contributed by atoms with Gasteiger partial charge in [-0.3, -0.25) is 0 Å². The molecular formula is C29H60ClNP2S. The van der Waals surface area contributed by atoms with Gasteiger partial charge >= 0.3 is 0 Å². The molecule has 1 unspecified atom stereocenters. The summed E-state index contributed by atoms with van der Waals surface area (Å²) in [6.07, 6.45) is 24.2. The summed E-state index contributed by atoms with van der Waals surface area (Å²) < 4.78 is 0. The number of thiazole rings is 1. The highest BCUT2D eigenvalue weighted by atomic mass is 35.5. The minimum atomic E-state index is -0.893. The largest absolute Gasteiger partial charge is 1.00 e. The van der Waals surface area contributed by atoms with Crippen molar-refractivity contribution in [2.24, 2.45) is 0 Å². The number of aryl methyl sites for hydroxylation is 1. The predicted molar refractivity (Wildman–Crippen MR) is 163 cm³/mol. The Hall–Kier alpha value is 0.780. The number of aromatic nitrogens is 1. The van der Waals surface area contributed by atoms with E-state index in [-0.39, 0.29) is 12.4 Å². The summed E-state index contributed by atoms with van der Waals surface area (Å²) in [6, 6.07) is 0. The van der Waals surface area contributed by atoms with Gasteiger partial charge in [0.1, 0.15) is 5.66 Å². The molecule has 1 nitrogen and oxygen atoms in total. The van der Waals surface area contributed by atoms with Crippen molar-refractivity contribution in [3.05, 3.63) is 16.1 Å². The quantitative estimate of drug-likeness (QED) is 0.157. The standard InChI is InChI=1S/C17H33NPS.C12H27P.ClH/c1-6-9-12-19(5,13-10-7-2)17(11-8-3)16-14-20-15(4)18-16;1-4-7-10-13(11-8-5-2)12-9-6-3;/h14,17H,6-13H2,1-5H3;4-12H2,1-3H3;1H/q+1;;/p-1. The van der Waals surface area contributed by atoms with Crippen molar-refractivity contribution in [3.63, 3.8) is 0 Å². The van der Waals surface area contributed by atoms with Crippen molar-refractivity contribution in [2.45, 2.75) is 131 Å². The number of hydrogen-bond acceptors (Lipinski definition) is 2. The van der Waals surface area contributed by atoms with Gasteiger partial charge in [-0.1, -0.05) is 80.1 Å². The lowest BCUT2D eigenvalue weighted by atomic mass is 10.2. The molecule has 1 aromatic rings. The van der Waals surface area contributed by atoms with E-state index >= 15 is 0 Å². The number of unbranched alkanes of at least 4 members (excludes halogenated alkanes) is 5. The SMILES string of the molecule is CCCCP(CCCC)CCCC.CCCC[P+](C)(CCCC)C(CCC)c1csc(C)n1.[Cl-]. The van der Waals surface area contributed by atoms with Crippen molar-refractivity contribution in [1.82, 2.24) is 4.98 Å². The lowest BCUT2D eigenvalue weighted by molar-refractivity contribution is -0.00000764. The van der Waals surface area contributed by atoms with Gasteiger partial charge in [-0.25, -0.2) is 4.98 Å². The van der Waals surface area contributed by atoms with Crippen LogP contribution in [0.1, 0.15) is 135 Å². The van der Waals surface area contributed by atoms with Crippen molar-refractivity contribution in [2.75, 3.05) is 37.5 Å². The third kappa shape index (κ3) is 16.5. The maximum absolute atomic E-state index is 4.86. The molecule has 34 heavy (non-hydrogen) atoms. The van der Waals surface area contributed by atoms with Crippen LogP contribution in [-0.2, 0) is 0 Å². The maximum atomic E-state index is 4.86. The molecule has 0 fully saturated rings. The topological polar surface area (TPSA) is 12.9 Å². The molecule has 5 heteroatoms. The fourth-order valence-electron chi connectivity index (χ4n) is 4.53. The fourth-order valence-corrected chi connectivity index (χ4v) is 12.8. The molecule has 1 heterocycles. The summed E-state index contributed by atoms with van der Waals surface area (Å²) in [7, 11) is -0.472. The zero-order valence-electron chi connectivity index (χ0n) is 24.3. The first kappa shape index (κ1) is 36.9. The second-order valence-electron chi connectivity index (χ2n) is 10.1. The normalized spacial score (nSPS) is 12.3. The summed E-state index contributed by atoms with van der Waals surface area (Å²) in [6.45, 7) is 18.7. The van der Waals surface area contributed by atoms with Crippen LogP contribution in [0.3, 0.4) is 0 Å². The maximum Gasteiger partial charge on any atom is 0.112 e. The van der Waals surface area contributed by atoms with Gasteiger partial charge in [0.2, 0.25) is 0 Å². The summed E-state index contributed by atoms with van der Waals surface area (Å²) in [5.74, 6) is 0. The third-order valence-corrected chi connectivity index (χ3v) is 15.2. The Balaban J connectivity index is 0. The van der Waals surface area contributed by atoms with Crippen LogP contribution in [0, 0.1) is 6.92 Å². The van der Waals surface area contributed by atoms with Crippen LogP contribution in [0.15, 0.2) is 5.38 Å². The smallest absolute Gasteiger partial charge is 0.112 e. The van der Waals surface area contributed by atoms with E-state index in [1.165, 1.54) is 100 Å². The van der Waals surface area contributed by atoms with E-state index in [0.717, 1.165) is 5.66 Å². The second-order valence-corrected chi connectivity index (χ2v) is 18.4. The Labute approximate surface area is 228 Å². The lowest BCUT2D eigenvalue weighted by Crippen LogP contribution is -3.00. The van der Waals surface area contributed by atoms with E-state index in [1.807, 2.05) is 11.3 Å². The van der Waals surface area contributed by atoms with Gasteiger partial charge in [-0.05, 0) is 63.9 Å². The molecule has 0 radical (unpaired) electrons. The van der Waals surface area contributed by atoms with E-state index in [1.54, 1.807) is 18.5 Å². The average Bonchev–Trinajstić information content (AvgIpc) is 3.25. The Bertz CT molecular complexity index is 525. The molecule has 0 aliphatic rings. The molecule has 204 valence electrons. The average molecular weight is 552 g/mol. The summed E-state index contributed by atoms with van der Waals surface area (Å²) in [5, 5.41) is 3.57. The molecule has 0 spiro atoms. The van der Waals surface area contributed by atoms with Gasteiger partial charge in [-0.2, -0.15) is 0 Å². The van der Waals surface area contributed by atoms with Crippen LogP contribution in [-0.4, -0.2) is 42.5 Å². The molecule has 1 atom stereocenters. The van der Waals surface area contributed by atoms with Crippen LogP contribution < -0.4 is 12.4 Å². The van der Waals surface area contributed by atoms with Gasteiger partial charge in [0, 0.05) is 19.3 Å². The predicted octanol–water partition coefficient (Wildman–Crippen LogP) is 8.41. The van der Waals surface area contributed by atoms with Crippen LogP contribution in [0.2, 0.25) is 0 Å². The fraction of sp³-hybridized carbons (Fsp3) is 0.897. The highest BCUT2D eigenvalue weighted by Crippen LogP contribution is 2.69. The first-order chi connectivity index (χ1) is 15.9. The van der Waals surface area contributed by atoms with Crippen molar-refractivity contribution in [1.29, 1.82) is 0 Å². The molecule has 1 rings (SSSR count). The molecule has 1 aromatic heterocycles. The zero-order chi connectivity index (χ0) is 25.0. The van der Waals surface area contributed by atoms with Crippen LogP contribution in [0.4, 0.5) is 0 Å². The summed E-state index contributed by atoms with van der Waals surface area (Å²) in [4.78, 5) is 4.86. The Morgan fingerprint density at radius 3 is 1.53 bits per heavy atom. The van der Waals surface area contributed by atoms with E-state index in [9.17, 15) is 0 Å². The monoisotopic (exact) mass is 551 g/mol. The minimum Gasteiger partial charge on any atom is -1.00 e. The Morgan fingerprint density at radius 1 is 0.765 bits per heavy atom. The highest BCUT2D eigenvalue weighted by Gasteiger charge is 2.41. The lowest BCUT2D eigenvalue weighted by Gasteiger charge is -2.31. The first-order valence-corrected chi connectivity index (χ1v) is 19.9. The summed E-state index contributed by atoms with van der Waals surface area (Å²) >= 11 is 1.83. The first-order valence-electron chi connectivity index (χ1n) is 14.4. The molecule has 0 saturated heterocycles. The van der Waals surface area contributed by atoms with Crippen LogP contribution in [0.5, 0.6) is 0 Å². The van der Waals surface area contributed by atoms with Gasteiger partial charge in [-0.15, -0.1) is 19.3 Å². The molecule has 0 N–H and O–H groups in total. The van der Waals surface area contributed by atoms with Gasteiger partial charge in [0.05, 0.1) is 23.0 Å². The Morgan fingerprint density at radius 2 is 1.21 bits per heavy atom. The number of nitrogens with zero attached hydrogens (tertiary/aromatic N) is 1. The van der Waals surface area contributed by atoms with Crippen LogP contribution >= 0.6 is 26.5 Å². The zero-order valence-corrected chi connectivity index (χ0v) is 27.7. The molecular weight excluding hydrogens is 492 g/mol. The highest BCUT2D eigenvalue weighted by molar-refractivity contribution is 7.75. The van der Waals surface area contributed by atoms with Gasteiger partial charge in [0.15, 0.2) is 0 Å². The third-order valence-electron chi connectivity index (χ3n) is 6.82. The molecule has 0 aromatic carbocycles. The van der Waals surface area contributed by atoms with Crippen molar-refractivity contribution in [3.8, 4) is 0 Å².